The molecule has 1 rings (SSSR count). The van der Waals surface area contributed by atoms with Crippen molar-refractivity contribution in [3.05, 3.63) is 34.9 Å². The molecule has 19 heavy (non-hydrogen) atoms. The molecule has 0 aromatic heterocycles. The topological polar surface area (TPSA) is 82.2 Å². The van der Waals surface area contributed by atoms with Crippen LogP contribution in [0.1, 0.15) is 0 Å². The number of benzene rings is 1. The van der Waals surface area contributed by atoms with Gasteiger partial charge in [-0.15, -0.1) is 11.8 Å². The minimum absolute atomic E-state index is 0.0656. The molecule has 0 saturated carbocycles. The van der Waals surface area contributed by atoms with Crippen molar-refractivity contribution in [3.8, 4) is 6.07 Å². The summed E-state index contributed by atoms with van der Waals surface area (Å²) in [4.78, 5) is 13.1. The summed E-state index contributed by atoms with van der Waals surface area (Å²) in [6, 6.07) is 9.45. The van der Waals surface area contributed by atoms with Crippen molar-refractivity contribution in [2.24, 2.45) is 5.73 Å². The summed E-state index contributed by atoms with van der Waals surface area (Å²) >= 11 is 1.27. The Balaban J connectivity index is 3.00. The number of nitrogens with zero attached hydrogens (tertiary/aromatic N) is 2. The van der Waals surface area contributed by atoms with Crippen LogP contribution in [0.15, 0.2) is 34.9 Å². The summed E-state index contributed by atoms with van der Waals surface area (Å²) in [7, 11) is 3.91. The Morgan fingerprint density at radius 2 is 1.95 bits per heavy atom. The van der Waals surface area contributed by atoms with E-state index < -0.39 is 5.91 Å². The largest absolute Gasteiger partial charge is 0.378 e. The molecule has 0 spiro atoms. The lowest BCUT2D eigenvalue weighted by molar-refractivity contribution is -0.114. The molecular formula is C13H16N4OS. The van der Waals surface area contributed by atoms with E-state index >= 15 is 0 Å². The molecule has 0 unspecified atom stereocenters. The van der Waals surface area contributed by atoms with Gasteiger partial charge in [-0.2, -0.15) is 5.26 Å². The molecule has 0 saturated heterocycles. The summed E-state index contributed by atoms with van der Waals surface area (Å²) in [5, 5.41) is 12.4. The molecule has 0 aliphatic carbocycles. The Kier molecular flexibility index (Phi) is 5.27. The fourth-order valence-corrected chi connectivity index (χ4v) is 1.98. The van der Waals surface area contributed by atoms with Crippen LogP contribution in [-0.2, 0) is 4.79 Å². The van der Waals surface area contributed by atoms with E-state index in [9.17, 15) is 4.79 Å². The number of hydrogen-bond donors (Lipinski definition) is 2. The molecule has 3 N–H and O–H groups in total. The van der Waals surface area contributed by atoms with E-state index in [0.29, 0.717) is 5.03 Å². The Morgan fingerprint density at radius 1 is 1.37 bits per heavy atom. The second kappa shape index (κ2) is 6.71. The molecule has 1 aromatic rings. The van der Waals surface area contributed by atoms with Crippen LogP contribution < -0.4 is 16.0 Å². The summed E-state index contributed by atoms with van der Waals surface area (Å²) in [6.07, 6.45) is 1.77. The van der Waals surface area contributed by atoms with Crippen LogP contribution in [0.25, 0.3) is 0 Å². The highest BCUT2D eigenvalue weighted by Crippen LogP contribution is 2.22. The van der Waals surface area contributed by atoms with Crippen molar-refractivity contribution >= 4 is 29.0 Å². The molecule has 0 aliphatic heterocycles. The molecule has 0 aliphatic rings. The Morgan fingerprint density at radius 3 is 2.32 bits per heavy atom. The second-order valence-electron chi connectivity index (χ2n) is 3.95. The van der Waals surface area contributed by atoms with Crippen LogP contribution in [0.2, 0.25) is 0 Å². The summed E-state index contributed by atoms with van der Waals surface area (Å²) < 4.78 is 0. The van der Waals surface area contributed by atoms with Gasteiger partial charge in [0, 0.05) is 25.5 Å². The predicted molar refractivity (Wildman–Crippen MR) is 79.7 cm³/mol. The molecule has 0 bridgehead atoms. The normalized spacial score (nSPS) is 11.3. The third-order valence-corrected chi connectivity index (χ3v) is 3.15. The van der Waals surface area contributed by atoms with Gasteiger partial charge in [0.25, 0.3) is 5.91 Å². The SMILES string of the molecule is CSC(Nc1ccc(N(C)C)cc1)=C(C#N)C(N)=O. The number of amides is 1. The first-order chi connectivity index (χ1) is 8.99. The van der Waals surface area contributed by atoms with Gasteiger partial charge in [0.1, 0.15) is 11.6 Å². The number of nitrogens with two attached hydrogens (primary N) is 1. The van der Waals surface area contributed by atoms with Crippen LogP contribution in [0.5, 0.6) is 0 Å². The highest BCUT2D eigenvalue weighted by molar-refractivity contribution is 8.02. The van der Waals surface area contributed by atoms with Gasteiger partial charge in [-0.3, -0.25) is 4.79 Å². The lowest BCUT2D eigenvalue weighted by Crippen LogP contribution is -2.16. The first-order valence-electron chi connectivity index (χ1n) is 5.52. The molecule has 1 amide bonds. The standard InChI is InChI=1S/C13H16N4OS/c1-17(2)10-6-4-9(5-7-10)16-13(19-3)11(8-14)12(15)18/h4-7,16H,1-3H3,(H2,15,18). The van der Waals surface area contributed by atoms with Crippen LogP contribution in [0.3, 0.4) is 0 Å². The maximum Gasteiger partial charge on any atom is 0.262 e. The summed E-state index contributed by atoms with van der Waals surface area (Å²) in [6.45, 7) is 0. The molecule has 1 aromatic carbocycles. The molecule has 0 fully saturated rings. The minimum atomic E-state index is -0.732. The number of anilines is 2. The zero-order valence-electron chi connectivity index (χ0n) is 11.1. The number of primary amides is 1. The number of thioether (sulfide) groups is 1. The van der Waals surface area contributed by atoms with Gasteiger partial charge in [-0.1, -0.05) is 0 Å². The number of carbonyl (C=O) groups is 1. The summed E-state index contributed by atoms with van der Waals surface area (Å²) in [5.41, 5.74) is 6.96. The number of nitrogens with one attached hydrogen (secondary N) is 1. The van der Waals surface area contributed by atoms with Crippen molar-refractivity contribution in [2.45, 2.75) is 0 Å². The lowest BCUT2D eigenvalue weighted by atomic mass is 10.2. The number of carbonyl (C=O) groups excluding carboxylic acids is 1. The van der Waals surface area contributed by atoms with Gasteiger partial charge in [0.15, 0.2) is 0 Å². The van der Waals surface area contributed by atoms with Gasteiger partial charge < -0.3 is 16.0 Å². The highest BCUT2D eigenvalue weighted by atomic mass is 32.2. The van der Waals surface area contributed by atoms with Crippen LogP contribution in [0.4, 0.5) is 11.4 Å². The van der Waals surface area contributed by atoms with Gasteiger partial charge in [0.05, 0.1) is 5.03 Å². The van der Waals surface area contributed by atoms with E-state index in [1.165, 1.54) is 11.8 Å². The van der Waals surface area contributed by atoms with Crippen molar-refractivity contribution in [1.29, 1.82) is 5.26 Å². The summed E-state index contributed by atoms with van der Waals surface area (Å²) in [5.74, 6) is -0.732. The monoisotopic (exact) mass is 276 g/mol. The Labute approximate surface area is 117 Å². The molecule has 5 nitrogen and oxygen atoms in total. The quantitative estimate of drug-likeness (QED) is 0.632. The van der Waals surface area contributed by atoms with Crippen molar-refractivity contribution in [3.63, 3.8) is 0 Å². The van der Waals surface area contributed by atoms with Gasteiger partial charge in [-0.25, -0.2) is 0 Å². The predicted octanol–water partition coefficient (Wildman–Crippen LogP) is 1.75. The van der Waals surface area contributed by atoms with Crippen LogP contribution >= 0.6 is 11.8 Å². The number of nitriles is 1. The molecule has 6 heteroatoms. The first kappa shape index (κ1) is 14.9. The van der Waals surface area contributed by atoms with Crippen LogP contribution in [0, 0.1) is 11.3 Å². The van der Waals surface area contributed by atoms with Crippen molar-refractivity contribution in [1.82, 2.24) is 0 Å². The second-order valence-corrected chi connectivity index (χ2v) is 4.77. The van der Waals surface area contributed by atoms with Crippen LogP contribution in [-0.4, -0.2) is 26.3 Å². The average Bonchev–Trinajstić information content (AvgIpc) is 2.38. The average molecular weight is 276 g/mol. The fourth-order valence-electron chi connectivity index (χ4n) is 1.41. The Bertz CT molecular complexity index is 529. The molecule has 100 valence electrons. The first-order valence-corrected chi connectivity index (χ1v) is 6.74. The van der Waals surface area contributed by atoms with Gasteiger partial charge >= 0.3 is 0 Å². The zero-order chi connectivity index (χ0) is 14.4. The van der Waals surface area contributed by atoms with Crippen molar-refractivity contribution < 1.29 is 4.79 Å². The zero-order valence-corrected chi connectivity index (χ0v) is 11.9. The van der Waals surface area contributed by atoms with E-state index in [2.05, 4.69) is 5.32 Å². The fraction of sp³-hybridized carbons (Fsp3) is 0.231. The number of hydrogen-bond acceptors (Lipinski definition) is 5. The highest BCUT2D eigenvalue weighted by Gasteiger charge is 2.11. The van der Waals surface area contributed by atoms with Crippen molar-refractivity contribution in [2.75, 3.05) is 30.6 Å². The number of rotatable bonds is 5. The van der Waals surface area contributed by atoms with E-state index in [1.54, 1.807) is 6.26 Å². The molecule has 0 atom stereocenters. The molecular weight excluding hydrogens is 260 g/mol. The van der Waals surface area contributed by atoms with E-state index in [4.69, 9.17) is 11.0 Å². The maximum atomic E-state index is 11.1. The molecule has 0 heterocycles. The van der Waals surface area contributed by atoms with E-state index in [0.717, 1.165) is 11.4 Å². The van der Waals surface area contributed by atoms with E-state index in [1.807, 2.05) is 49.3 Å². The third-order valence-electron chi connectivity index (χ3n) is 2.43. The Hall–Kier alpha value is -2.13. The van der Waals surface area contributed by atoms with E-state index in [-0.39, 0.29) is 5.57 Å². The van der Waals surface area contributed by atoms with Gasteiger partial charge in [0.2, 0.25) is 0 Å². The third kappa shape index (κ3) is 3.93. The minimum Gasteiger partial charge on any atom is -0.378 e. The molecule has 0 radical (unpaired) electrons. The smallest absolute Gasteiger partial charge is 0.262 e. The lowest BCUT2D eigenvalue weighted by Gasteiger charge is -2.14. The van der Waals surface area contributed by atoms with Gasteiger partial charge in [-0.05, 0) is 30.5 Å². The maximum absolute atomic E-state index is 11.1.